The van der Waals surface area contributed by atoms with E-state index in [1.807, 2.05) is 0 Å². The second kappa shape index (κ2) is 7.30. The number of fused-ring (bicyclic) bond motifs is 1. The molecule has 1 aromatic carbocycles. The Morgan fingerprint density at radius 2 is 2.19 bits per heavy atom. The number of nitrogens with one attached hydrogen (secondary N) is 2. The lowest BCUT2D eigenvalue weighted by molar-refractivity contribution is 0.167. The molecule has 0 aliphatic rings. The zero-order chi connectivity index (χ0) is 18.7. The fourth-order valence-electron chi connectivity index (χ4n) is 2.31. The summed E-state index contributed by atoms with van der Waals surface area (Å²) >= 11 is 0. The van der Waals surface area contributed by atoms with E-state index in [-0.39, 0.29) is 17.8 Å². The van der Waals surface area contributed by atoms with E-state index in [1.165, 1.54) is 13.3 Å². The van der Waals surface area contributed by atoms with Crippen molar-refractivity contribution < 1.29 is 23.0 Å². The van der Waals surface area contributed by atoms with Crippen molar-refractivity contribution in [1.82, 2.24) is 25.5 Å². The molecule has 1 amide bonds. The van der Waals surface area contributed by atoms with E-state index in [4.69, 9.17) is 4.74 Å². The first kappa shape index (κ1) is 17.5. The number of benzene rings is 1. The Morgan fingerprint density at radius 3 is 2.92 bits per heavy atom. The van der Waals surface area contributed by atoms with Gasteiger partial charge >= 0.3 is 12.1 Å². The third-order valence-electron chi connectivity index (χ3n) is 3.52. The Morgan fingerprint density at radius 1 is 1.38 bits per heavy atom. The first-order chi connectivity index (χ1) is 12.5. The molecule has 0 saturated heterocycles. The number of methoxy groups -OCH3 is 1. The molecule has 0 aliphatic carbocycles. The van der Waals surface area contributed by atoms with Gasteiger partial charge in [0.25, 0.3) is 0 Å². The number of amides is 1. The maximum atomic E-state index is 13.6. The molecule has 0 aliphatic heterocycles. The van der Waals surface area contributed by atoms with E-state index in [0.717, 1.165) is 12.1 Å². The molecule has 0 spiro atoms. The summed E-state index contributed by atoms with van der Waals surface area (Å²) in [6.07, 6.45) is 1.39. The number of alkyl carbamates (subject to hydrolysis) is 1. The molecule has 136 valence electrons. The second-order valence-electron chi connectivity index (χ2n) is 5.51. The summed E-state index contributed by atoms with van der Waals surface area (Å²) in [5.74, 6) is -1.77. The Labute approximate surface area is 146 Å². The van der Waals surface area contributed by atoms with E-state index in [9.17, 15) is 13.6 Å². The van der Waals surface area contributed by atoms with Gasteiger partial charge in [-0.05, 0) is 19.1 Å². The van der Waals surface area contributed by atoms with Gasteiger partial charge in [-0.3, -0.25) is 5.10 Å². The number of carbonyl (C=O) groups excluding carboxylic acids is 1. The molecule has 0 saturated carbocycles. The number of H-pyrrole nitrogens is 1. The van der Waals surface area contributed by atoms with Gasteiger partial charge in [-0.1, -0.05) is 0 Å². The molecule has 0 fully saturated rings. The van der Waals surface area contributed by atoms with Gasteiger partial charge in [0.1, 0.15) is 5.82 Å². The number of halogens is 2. The second-order valence-corrected chi connectivity index (χ2v) is 5.51. The van der Waals surface area contributed by atoms with Crippen LogP contribution in [-0.4, -0.2) is 39.4 Å². The average Bonchev–Trinajstić information content (AvgIpc) is 2.99. The van der Waals surface area contributed by atoms with Crippen molar-refractivity contribution in [3.63, 3.8) is 0 Å². The van der Waals surface area contributed by atoms with Gasteiger partial charge in [0.15, 0.2) is 17.2 Å². The van der Waals surface area contributed by atoms with Crippen molar-refractivity contribution >= 4 is 17.1 Å². The van der Waals surface area contributed by atoms with Crippen LogP contribution < -0.4 is 10.1 Å². The Bertz CT molecular complexity index is 947. The van der Waals surface area contributed by atoms with Gasteiger partial charge in [-0.25, -0.2) is 18.6 Å². The minimum Gasteiger partial charge on any atom is -0.453 e. The van der Waals surface area contributed by atoms with Crippen LogP contribution in [0.15, 0.2) is 24.4 Å². The monoisotopic (exact) mass is 363 g/mol. The molecular formula is C16H15F2N5O3. The summed E-state index contributed by atoms with van der Waals surface area (Å²) in [5.41, 5.74) is 1.03. The number of hydrogen-bond donors (Lipinski definition) is 2. The first-order valence-electron chi connectivity index (χ1n) is 7.63. The number of hydrogen-bond acceptors (Lipinski definition) is 6. The van der Waals surface area contributed by atoms with Crippen LogP contribution >= 0.6 is 0 Å². The van der Waals surface area contributed by atoms with Crippen molar-refractivity contribution in [2.75, 3.05) is 7.11 Å². The summed E-state index contributed by atoms with van der Waals surface area (Å²) in [6.45, 7) is 1.80. The van der Waals surface area contributed by atoms with E-state index in [2.05, 4.69) is 30.2 Å². The highest BCUT2D eigenvalue weighted by atomic mass is 19.1. The zero-order valence-electron chi connectivity index (χ0n) is 13.9. The molecule has 0 bridgehead atoms. The predicted molar refractivity (Wildman–Crippen MR) is 86.8 cm³/mol. The van der Waals surface area contributed by atoms with Crippen LogP contribution in [0.25, 0.3) is 11.0 Å². The van der Waals surface area contributed by atoms with Crippen molar-refractivity contribution in [1.29, 1.82) is 0 Å². The number of aromatic amines is 1. The predicted octanol–water partition coefficient (Wildman–Crippen LogP) is 2.71. The standard InChI is InChI=1S/C16H15F2N5O3/c1-8(20-16(24)25-2)5-12-10-7-19-15(21-14(10)23-22-12)26-13-4-3-9(17)6-11(13)18/h3-4,6-8H,5H2,1-2H3,(H,20,24)(H,19,21,22,23). The van der Waals surface area contributed by atoms with Crippen LogP contribution in [0, 0.1) is 11.6 Å². The molecule has 1 atom stereocenters. The minimum atomic E-state index is -0.862. The average molecular weight is 363 g/mol. The van der Waals surface area contributed by atoms with Gasteiger partial charge in [0.05, 0.1) is 12.5 Å². The Hall–Kier alpha value is -3.30. The maximum Gasteiger partial charge on any atom is 0.407 e. The summed E-state index contributed by atoms with van der Waals surface area (Å²) in [5, 5.41) is 10.2. The Kier molecular flexibility index (Phi) is 4.92. The topological polar surface area (TPSA) is 102 Å². The summed E-state index contributed by atoms with van der Waals surface area (Å²) < 4.78 is 36.4. The van der Waals surface area contributed by atoms with E-state index < -0.39 is 17.7 Å². The molecule has 2 aromatic heterocycles. The lowest BCUT2D eigenvalue weighted by Crippen LogP contribution is -2.34. The van der Waals surface area contributed by atoms with Gasteiger partial charge in [0.2, 0.25) is 0 Å². The van der Waals surface area contributed by atoms with Crippen molar-refractivity contribution in [3.05, 3.63) is 41.7 Å². The molecular weight excluding hydrogens is 348 g/mol. The maximum absolute atomic E-state index is 13.6. The summed E-state index contributed by atoms with van der Waals surface area (Å²) in [4.78, 5) is 19.3. The number of aromatic nitrogens is 4. The molecule has 3 rings (SSSR count). The molecule has 10 heteroatoms. The molecule has 2 heterocycles. The smallest absolute Gasteiger partial charge is 0.407 e. The zero-order valence-corrected chi connectivity index (χ0v) is 13.9. The largest absolute Gasteiger partial charge is 0.453 e. The van der Waals surface area contributed by atoms with Crippen LogP contribution in [0.3, 0.4) is 0 Å². The van der Waals surface area contributed by atoms with Crippen LogP contribution in [0.1, 0.15) is 12.6 Å². The van der Waals surface area contributed by atoms with Crippen LogP contribution in [0.4, 0.5) is 13.6 Å². The minimum absolute atomic E-state index is 0.123. The number of carbonyl (C=O) groups is 1. The van der Waals surface area contributed by atoms with Crippen molar-refractivity contribution in [3.8, 4) is 11.8 Å². The highest BCUT2D eigenvalue weighted by Crippen LogP contribution is 2.24. The number of rotatable bonds is 5. The number of ether oxygens (including phenoxy) is 2. The fraction of sp³-hybridized carbons (Fsp3) is 0.250. The normalized spacial score (nSPS) is 12.0. The lowest BCUT2D eigenvalue weighted by atomic mass is 10.1. The van der Waals surface area contributed by atoms with Crippen molar-refractivity contribution in [2.45, 2.75) is 19.4 Å². The van der Waals surface area contributed by atoms with Crippen molar-refractivity contribution in [2.24, 2.45) is 0 Å². The van der Waals surface area contributed by atoms with Gasteiger partial charge in [-0.2, -0.15) is 10.1 Å². The first-order valence-corrected chi connectivity index (χ1v) is 7.63. The highest BCUT2D eigenvalue weighted by Gasteiger charge is 2.15. The SMILES string of the molecule is COC(=O)NC(C)Cc1[nH]nc2nc(Oc3ccc(F)cc3F)ncc12. The van der Waals surface area contributed by atoms with Crippen LogP contribution in [0.2, 0.25) is 0 Å². The molecule has 0 radical (unpaired) electrons. The van der Waals surface area contributed by atoms with Gasteiger partial charge < -0.3 is 14.8 Å². The number of nitrogens with zero attached hydrogens (tertiary/aromatic N) is 3. The third-order valence-corrected chi connectivity index (χ3v) is 3.52. The molecule has 2 N–H and O–H groups in total. The van der Waals surface area contributed by atoms with Gasteiger partial charge in [-0.15, -0.1) is 0 Å². The van der Waals surface area contributed by atoms with E-state index in [0.29, 0.717) is 29.2 Å². The summed E-state index contributed by atoms with van der Waals surface area (Å²) in [7, 11) is 1.28. The molecule has 1 unspecified atom stereocenters. The van der Waals surface area contributed by atoms with E-state index in [1.54, 1.807) is 6.92 Å². The fourth-order valence-corrected chi connectivity index (χ4v) is 2.31. The summed E-state index contributed by atoms with van der Waals surface area (Å²) in [6, 6.07) is 2.58. The van der Waals surface area contributed by atoms with Crippen LogP contribution in [0.5, 0.6) is 11.8 Å². The van der Waals surface area contributed by atoms with Gasteiger partial charge in [0, 0.05) is 30.4 Å². The molecule has 8 nitrogen and oxygen atoms in total. The molecule has 26 heavy (non-hydrogen) atoms. The Balaban J connectivity index is 1.77. The van der Waals surface area contributed by atoms with E-state index >= 15 is 0 Å². The lowest BCUT2D eigenvalue weighted by Gasteiger charge is -2.11. The third kappa shape index (κ3) is 3.85. The highest BCUT2D eigenvalue weighted by molar-refractivity contribution is 5.77. The quantitative estimate of drug-likeness (QED) is 0.723. The molecule has 3 aromatic rings. The van der Waals surface area contributed by atoms with Crippen LogP contribution in [-0.2, 0) is 11.2 Å².